The molecule has 2 amide bonds. The standard InChI is InChI=1S/C24H14F6N6O2/c1-9-17(21(24(28,29)30)35-36(9)8-11-3-2-10(7-31)4-13(11)25)19-18(22(32)37)12-5-14(26)15(27)6-16(12)34-20(19)23(33)38/h2-6H,8H2,1H3,(H2,32,37)(H2,33,38). The van der Waals surface area contributed by atoms with Crippen molar-refractivity contribution < 1.29 is 35.9 Å². The Labute approximate surface area is 209 Å². The summed E-state index contributed by atoms with van der Waals surface area (Å²) in [5.74, 6) is -6.55. The number of nitrogens with two attached hydrogens (primary N) is 2. The third-order valence-electron chi connectivity index (χ3n) is 5.73. The maximum absolute atomic E-state index is 14.5. The van der Waals surface area contributed by atoms with Gasteiger partial charge in [0.25, 0.3) is 5.91 Å². The van der Waals surface area contributed by atoms with Crippen LogP contribution >= 0.6 is 0 Å². The molecule has 0 saturated carbocycles. The molecule has 0 fully saturated rings. The molecule has 2 aromatic carbocycles. The average molecular weight is 532 g/mol. The first-order valence-corrected chi connectivity index (χ1v) is 10.5. The van der Waals surface area contributed by atoms with Crippen molar-refractivity contribution in [1.82, 2.24) is 14.8 Å². The molecule has 4 N–H and O–H groups in total. The molecule has 0 aliphatic carbocycles. The van der Waals surface area contributed by atoms with Crippen molar-refractivity contribution >= 4 is 22.7 Å². The maximum Gasteiger partial charge on any atom is 0.435 e. The Morgan fingerprint density at radius 1 is 1.00 bits per heavy atom. The Balaban J connectivity index is 2.10. The number of pyridine rings is 1. The van der Waals surface area contributed by atoms with Gasteiger partial charge in [-0.25, -0.2) is 18.2 Å². The Kier molecular flexibility index (Phi) is 6.32. The number of nitriles is 1. The van der Waals surface area contributed by atoms with Crippen molar-refractivity contribution in [3.05, 3.63) is 81.6 Å². The molecule has 0 radical (unpaired) electrons. The van der Waals surface area contributed by atoms with Gasteiger partial charge >= 0.3 is 6.18 Å². The number of hydrogen-bond acceptors (Lipinski definition) is 5. The predicted molar refractivity (Wildman–Crippen MR) is 120 cm³/mol. The summed E-state index contributed by atoms with van der Waals surface area (Å²) in [4.78, 5) is 28.6. The van der Waals surface area contributed by atoms with Crippen LogP contribution in [0.3, 0.4) is 0 Å². The monoisotopic (exact) mass is 532 g/mol. The van der Waals surface area contributed by atoms with Crippen molar-refractivity contribution in [3.63, 3.8) is 0 Å². The first-order chi connectivity index (χ1) is 17.7. The van der Waals surface area contributed by atoms with Crippen LogP contribution < -0.4 is 11.5 Å². The van der Waals surface area contributed by atoms with Gasteiger partial charge in [-0.1, -0.05) is 6.07 Å². The van der Waals surface area contributed by atoms with Crippen LogP contribution in [0, 0.1) is 35.7 Å². The zero-order valence-electron chi connectivity index (χ0n) is 19.1. The molecule has 2 aromatic heterocycles. The summed E-state index contributed by atoms with van der Waals surface area (Å²) in [6, 6.07) is 6.08. The quantitative estimate of drug-likeness (QED) is 0.375. The van der Waals surface area contributed by atoms with Gasteiger partial charge in [-0.15, -0.1) is 0 Å². The van der Waals surface area contributed by atoms with E-state index < -0.39 is 81.0 Å². The van der Waals surface area contributed by atoms with E-state index in [1.165, 1.54) is 12.1 Å². The largest absolute Gasteiger partial charge is 0.435 e. The number of benzene rings is 2. The van der Waals surface area contributed by atoms with Crippen LogP contribution in [0.1, 0.15) is 43.4 Å². The number of fused-ring (bicyclic) bond motifs is 1. The molecule has 8 nitrogen and oxygen atoms in total. The molecular weight excluding hydrogens is 518 g/mol. The topological polar surface area (TPSA) is 141 Å². The molecular formula is C24H14F6N6O2. The molecule has 0 atom stereocenters. The molecule has 194 valence electrons. The van der Waals surface area contributed by atoms with E-state index >= 15 is 0 Å². The van der Waals surface area contributed by atoms with Crippen LogP contribution in [0.5, 0.6) is 0 Å². The van der Waals surface area contributed by atoms with Crippen molar-refractivity contribution in [2.75, 3.05) is 0 Å². The first kappa shape index (κ1) is 26.1. The number of nitrogens with zero attached hydrogens (tertiary/aromatic N) is 4. The number of hydrogen-bond donors (Lipinski definition) is 2. The van der Waals surface area contributed by atoms with E-state index in [9.17, 15) is 35.9 Å². The van der Waals surface area contributed by atoms with Gasteiger partial charge in [0.1, 0.15) is 11.5 Å². The summed E-state index contributed by atoms with van der Waals surface area (Å²) in [6.07, 6.45) is -5.18. The molecule has 0 aliphatic heterocycles. The zero-order valence-corrected chi connectivity index (χ0v) is 19.1. The number of halogens is 6. The number of primary amides is 2. The molecule has 4 rings (SSSR count). The minimum absolute atomic E-state index is 0.0248. The van der Waals surface area contributed by atoms with Crippen LogP contribution in [0.25, 0.3) is 22.0 Å². The smallest absolute Gasteiger partial charge is 0.366 e. The van der Waals surface area contributed by atoms with Crippen molar-refractivity contribution in [2.24, 2.45) is 11.5 Å². The predicted octanol–water partition coefficient (Wildman–Crippen LogP) is 3.96. The fraction of sp³-hybridized carbons (Fsp3) is 0.125. The van der Waals surface area contributed by atoms with Gasteiger partial charge in [0, 0.05) is 33.8 Å². The minimum atomic E-state index is -5.18. The van der Waals surface area contributed by atoms with Crippen molar-refractivity contribution in [2.45, 2.75) is 19.6 Å². The second-order valence-electron chi connectivity index (χ2n) is 8.10. The highest BCUT2D eigenvalue weighted by Crippen LogP contribution is 2.42. The van der Waals surface area contributed by atoms with E-state index in [2.05, 4.69) is 10.1 Å². The molecule has 4 aromatic rings. The number of rotatable bonds is 5. The van der Waals surface area contributed by atoms with Gasteiger partial charge in [-0.05, 0) is 25.1 Å². The highest BCUT2D eigenvalue weighted by Gasteiger charge is 2.41. The SMILES string of the molecule is Cc1c(-c2c(C(N)=O)nc3cc(F)c(F)cc3c2C(N)=O)c(C(F)(F)F)nn1Cc1ccc(C#N)cc1F. The maximum atomic E-state index is 14.5. The molecule has 0 unspecified atom stereocenters. The Bertz CT molecular complexity index is 1700. The lowest BCUT2D eigenvalue weighted by Gasteiger charge is -2.16. The summed E-state index contributed by atoms with van der Waals surface area (Å²) < 4.78 is 85.8. The Morgan fingerprint density at radius 3 is 2.21 bits per heavy atom. The van der Waals surface area contributed by atoms with E-state index in [4.69, 9.17) is 16.7 Å². The fourth-order valence-corrected chi connectivity index (χ4v) is 4.04. The molecule has 0 aliphatic rings. The zero-order chi connectivity index (χ0) is 28.1. The third-order valence-corrected chi connectivity index (χ3v) is 5.73. The van der Waals surface area contributed by atoms with Crippen LogP contribution in [0.2, 0.25) is 0 Å². The fourth-order valence-electron chi connectivity index (χ4n) is 4.04. The van der Waals surface area contributed by atoms with Gasteiger partial charge in [-0.2, -0.15) is 23.5 Å². The lowest BCUT2D eigenvalue weighted by Crippen LogP contribution is -2.22. The minimum Gasteiger partial charge on any atom is -0.366 e. The van der Waals surface area contributed by atoms with Crippen LogP contribution in [-0.4, -0.2) is 26.6 Å². The van der Waals surface area contributed by atoms with Crippen molar-refractivity contribution in [3.8, 4) is 17.2 Å². The number of alkyl halides is 3. The number of carbonyl (C=O) groups excluding carboxylic acids is 2. The highest BCUT2D eigenvalue weighted by atomic mass is 19.4. The van der Waals surface area contributed by atoms with Gasteiger partial charge < -0.3 is 11.5 Å². The summed E-state index contributed by atoms with van der Waals surface area (Å²) in [5, 5.41) is 12.0. The Morgan fingerprint density at radius 2 is 1.66 bits per heavy atom. The normalized spacial score (nSPS) is 11.5. The van der Waals surface area contributed by atoms with Gasteiger partial charge in [0.2, 0.25) is 5.91 Å². The molecule has 0 bridgehead atoms. The van der Waals surface area contributed by atoms with Crippen LogP contribution in [0.4, 0.5) is 26.3 Å². The van der Waals surface area contributed by atoms with E-state index in [1.807, 2.05) is 0 Å². The summed E-state index contributed by atoms with van der Waals surface area (Å²) in [5.41, 5.74) is 4.99. The van der Waals surface area contributed by atoms with E-state index in [1.54, 1.807) is 6.07 Å². The first-order valence-electron chi connectivity index (χ1n) is 10.5. The molecule has 2 heterocycles. The van der Waals surface area contributed by atoms with E-state index in [0.717, 1.165) is 17.7 Å². The lowest BCUT2D eigenvalue weighted by atomic mass is 9.92. The van der Waals surface area contributed by atoms with Crippen molar-refractivity contribution in [1.29, 1.82) is 5.26 Å². The molecule has 0 spiro atoms. The Hall–Kier alpha value is -4.93. The van der Waals surface area contributed by atoms with E-state index in [0.29, 0.717) is 12.1 Å². The number of amides is 2. The molecule has 0 saturated heterocycles. The van der Waals surface area contributed by atoms with E-state index in [-0.39, 0.29) is 16.8 Å². The third kappa shape index (κ3) is 4.38. The summed E-state index contributed by atoms with van der Waals surface area (Å²) in [6.45, 7) is 0.592. The van der Waals surface area contributed by atoms with Gasteiger partial charge in [0.05, 0.1) is 29.3 Å². The second kappa shape index (κ2) is 9.18. The molecule has 14 heteroatoms. The van der Waals surface area contributed by atoms with Crippen LogP contribution in [0.15, 0.2) is 30.3 Å². The number of carbonyl (C=O) groups is 2. The van der Waals surface area contributed by atoms with Gasteiger partial charge in [0.15, 0.2) is 17.3 Å². The second-order valence-corrected chi connectivity index (χ2v) is 8.10. The summed E-state index contributed by atoms with van der Waals surface area (Å²) >= 11 is 0. The van der Waals surface area contributed by atoms with Gasteiger partial charge in [-0.3, -0.25) is 14.3 Å². The average Bonchev–Trinajstić information content (AvgIpc) is 3.15. The van der Waals surface area contributed by atoms with Crippen LogP contribution in [-0.2, 0) is 12.7 Å². The molecule has 38 heavy (non-hydrogen) atoms. The highest BCUT2D eigenvalue weighted by molar-refractivity contribution is 6.15. The number of aromatic nitrogens is 3. The summed E-state index contributed by atoms with van der Waals surface area (Å²) in [7, 11) is 0. The lowest BCUT2D eigenvalue weighted by molar-refractivity contribution is -0.141.